The molecule has 0 aliphatic heterocycles. The zero-order chi connectivity index (χ0) is 21.8. The van der Waals surface area contributed by atoms with Gasteiger partial charge < -0.3 is 14.0 Å². The van der Waals surface area contributed by atoms with Gasteiger partial charge in [0.15, 0.2) is 0 Å². The normalized spacial score (nSPS) is 13.3. The topological polar surface area (TPSA) is 66.2 Å². The minimum atomic E-state index is -0.284. The third-order valence-electron chi connectivity index (χ3n) is 6.09. The van der Waals surface area contributed by atoms with Crippen LogP contribution in [0.2, 0.25) is 0 Å². The number of nitrogens with zero attached hydrogens (tertiary/aromatic N) is 3. The number of esters is 1. The number of benzene rings is 1. The molecule has 0 unspecified atom stereocenters. The van der Waals surface area contributed by atoms with Gasteiger partial charge in [-0.1, -0.05) is 13.8 Å². The lowest BCUT2D eigenvalue weighted by atomic mass is 9.95. The summed E-state index contributed by atoms with van der Waals surface area (Å²) in [6.07, 6.45) is 7.18. The van der Waals surface area contributed by atoms with Crippen molar-refractivity contribution in [2.75, 3.05) is 13.7 Å². The third kappa shape index (κ3) is 4.43. The average molecular weight is 422 g/mol. The number of hydrogen-bond donors (Lipinski definition) is 0. The fourth-order valence-corrected chi connectivity index (χ4v) is 4.48. The van der Waals surface area contributed by atoms with Crippen LogP contribution >= 0.6 is 0 Å². The maximum atomic E-state index is 12.0. The molecule has 0 radical (unpaired) electrons. The summed E-state index contributed by atoms with van der Waals surface area (Å²) in [6.45, 7) is 5.64. The van der Waals surface area contributed by atoms with Gasteiger partial charge in [-0.3, -0.25) is 0 Å². The zero-order valence-corrected chi connectivity index (χ0v) is 18.7. The van der Waals surface area contributed by atoms with Gasteiger partial charge in [0.1, 0.15) is 0 Å². The van der Waals surface area contributed by atoms with E-state index in [1.54, 1.807) is 0 Å². The van der Waals surface area contributed by atoms with Gasteiger partial charge in [-0.25, -0.2) is 14.8 Å². The Morgan fingerprint density at radius 2 is 1.81 bits per heavy atom. The van der Waals surface area contributed by atoms with E-state index in [0.29, 0.717) is 18.2 Å². The number of fused-ring (bicyclic) bond motifs is 3. The van der Waals surface area contributed by atoms with Crippen molar-refractivity contribution in [1.82, 2.24) is 14.5 Å². The molecular formula is C25H31N3O3. The average Bonchev–Trinajstić information content (AvgIpc) is 3.14. The first kappa shape index (κ1) is 21.3. The first-order valence-corrected chi connectivity index (χ1v) is 11.4. The van der Waals surface area contributed by atoms with E-state index in [-0.39, 0.29) is 5.97 Å². The van der Waals surface area contributed by atoms with Crippen LogP contribution in [0.15, 0.2) is 24.3 Å². The number of aromatic nitrogens is 3. The Hall–Kier alpha value is -2.89. The summed E-state index contributed by atoms with van der Waals surface area (Å²) >= 11 is 0. The monoisotopic (exact) mass is 421 g/mol. The minimum absolute atomic E-state index is 0.284. The molecule has 0 bridgehead atoms. The number of ether oxygens (including phenoxy) is 2. The van der Waals surface area contributed by atoms with E-state index in [1.807, 2.05) is 18.2 Å². The second kappa shape index (κ2) is 9.50. The summed E-state index contributed by atoms with van der Waals surface area (Å²) in [6, 6.07) is 8.45. The van der Waals surface area contributed by atoms with Crippen LogP contribution in [0.4, 0.5) is 0 Å². The van der Waals surface area contributed by atoms with Gasteiger partial charge in [-0.2, -0.15) is 0 Å². The molecule has 0 saturated heterocycles. The van der Waals surface area contributed by atoms with Crippen LogP contribution in [0.3, 0.4) is 0 Å². The van der Waals surface area contributed by atoms with Crippen LogP contribution in [-0.2, 0) is 37.0 Å². The Balaban J connectivity index is 1.51. The molecule has 1 aliphatic rings. The number of carbonyl (C=O) groups excluding carboxylic acids is 1. The van der Waals surface area contributed by atoms with Crippen molar-refractivity contribution in [2.24, 2.45) is 0 Å². The fourth-order valence-electron chi connectivity index (χ4n) is 4.48. The maximum absolute atomic E-state index is 12.0. The van der Waals surface area contributed by atoms with Gasteiger partial charge in [0.2, 0.25) is 0 Å². The van der Waals surface area contributed by atoms with E-state index < -0.39 is 0 Å². The predicted octanol–water partition coefficient (Wildman–Crippen LogP) is 4.69. The Kier molecular flexibility index (Phi) is 6.54. The maximum Gasteiger partial charge on any atom is 0.337 e. The zero-order valence-electron chi connectivity index (χ0n) is 18.7. The first-order chi connectivity index (χ1) is 15.1. The molecule has 2 heterocycles. The lowest BCUT2D eigenvalue weighted by molar-refractivity contribution is 0.0601. The van der Waals surface area contributed by atoms with Gasteiger partial charge in [-0.15, -0.1) is 0 Å². The second-order valence-corrected chi connectivity index (χ2v) is 8.05. The lowest BCUT2D eigenvalue weighted by Gasteiger charge is -2.16. The van der Waals surface area contributed by atoms with Crippen LogP contribution in [0, 0.1) is 0 Å². The van der Waals surface area contributed by atoms with Gasteiger partial charge in [0, 0.05) is 34.5 Å². The molecule has 1 aromatic carbocycles. The molecule has 4 rings (SSSR count). The molecule has 1 aliphatic carbocycles. The van der Waals surface area contributed by atoms with Crippen molar-refractivity contribution in [3.63, 3.8) is 0 Å². The number of aryl methyl sites for hydroxylation is 4. The number of rotatable bonds is 8. The standard InChI is InChI=1S/C25H31N3O3/c1-4-18-16-19(5-2)27-25(26-18)31-14-8-13-28-22-10-7-6-9-20(22)21-15-17(24(29)30-3)11-12-23(21)28/h11-12,15-16H,4-10,13-14H2,1-3H3. The fraction of sp³-hybridized carbons (Fsp3) is 0.480. The van der Waals surface area contributed by atoms with Gasteiger partial charge >= 0.3 is 12.0 Å². The SMILES string of the molecule is CCc1cc(CC)nc(OCCCn2c3c(c4cc(C(=O)OC)ccc42)CCCC3)n1. The molecule has 0 amide bonds. The summed E-state index contributed by atoms with van der Waals surface area (Å²) in [7, 11) is 1.43. The smallest absolute Gasteiger partial charge is 0.337 e. The molecule has 6 nitrogen and oxygen atoms in total. The van der Waals surface area contributed by atoms with Crippen molar-refractivity contribution in [1.29, 1.82) is 0 Å². The molecule has 0 N–H and O–H groups in total. The molecule has 0 fully saturated rings. The quantitative estimate of drug-likeness (QED) is 0.390. The van der Waals surface area contributed by atoms with E-state index in [1.165, 1.54) is 42.1 Å². The molecule has 2 aromatic heterocycles. The van der Waals surface area contributed by atoms with Gasteiger partial charge in [0.05, 0.1) is 19.3 Å². The van der Waals surface area contributed by atoms with E-state index in [9.17, 15) is 4.79 Å². The summed E-state index contributed by atoms with van der Waals surface area (Å²) in [4.78, 5) is 21.0. The molecule has 164 valence electrons. The molecule has 0 spiro atoms. The third-order valence-corrected chi connectivity index (χ3v) is 6.09. The predicted molar refractivity (Wildman–Crippen MR) is 121 cm³/mol. The first-order valence-electron chi connectivity index (χ1n) is 11.4. The molecule has 0 saturated carbocycles. The van der Waals surface area contributed by atoms with Crippen LogP contribution in [0.25, 0.3) is 10.9 Å². The van der Waals surface area contributed by atoms with Crippen molar-refractivity contribution in [3.05, 3.63) is 52.5 Å². The summed E-state index contributed by atoms with van der Waals surface area (Å²) < 4.78 is 13.2. The van der Waals surface area contributed by atoms with Crippen molar-refractivity contribution >= 4 is 16.9 Å². The van der Waals surface area contributed by atoms with E-state index in [4.69, 9.17) is 9.47 Å². The highest BCUT2D eigenvalue weighted by atomic mass is 16.5. The molecule has 6 heteroatoms. The van der Waals surface area contributed by atoms with E-state index in [2.05, 4.69) is 34.4 Å². The Morgan fingerprint density at radius 3 is 2.52 bits per heavy atom. The van der Waals surface area contributed by atoms with Crippen LogP contribution in [0.1, 0.15) is 66.1 Å². The summed E-state index contributed by atoms with van der Waals surface area (Å²) in [5.41, 5.74) is 6.64. The Labute approximate surface area is 183 Å². The number of hydrogen-bond acceptors (Lipinski definition) is 5. The van der Waals surface area contributed by atoms with Crippen molar-refractivity contribution in [3.8, 4) is 6.01 Å². The highest BCUT2D eigenvalue weighted by molar-refractivity contribution is 5.96. The molecular weight excluding hydrogens is 390 g/mol. The highest BCUT2D eigenvalue weighted by Gasteiger charge is 2.21. The van der Waals surface area contributed by atoms with Crippen molar-refractivity contribution < 1.29 is 14.3 Å². The van der Waals surface area contributed by atoms with Crippen LogP contribution in [-0.4, -0.2) is 34.2 Å². The van der Waals surface area contributed by atoms with Crippen LogP contribution in [0.5, 0.6) is 6.01 Å². The summed E-state index contributed by atoms with van der Waals surface area (Å²) in [5.74, 6) is -0.284. The molecule has 3 aromatic rings. The lowest BCUT2D eigenvalue weighted by Crippen LogP contribution is -2.11. The summed E-state index contributed by atoms with van der Waals surface area (Å²) in [5, 5.41) is 1.19. The van der Waals surface area contributed by atoms with E-state index in [0.717, 1.165) is 50.0 Å². The Bertz CT molecular complexity index is 1070. The second-order valence-electron chi connectivity index (χ2n) is 8.05. The molecule has 0 atom stereocenters. The number of carbonyl (C=O) groups is 1. The largest absolute Gasteiger partial charge is 0.465 e. The van der Waals surface area contributed by atoms with Crippen molar-refractivity contribution in [2.45, 2.75) is 65.3 Å². The van der Waals surface area contributed by atoms with Gasteiger partial charge in [-0.05, 0) is 74.8 Å². The Morgan fingerprint density at radius 1 is 1.06 bits per heavy atom. The van der Waals surface area contributed by atoms with E-state index >= 15 is 0 Å². The van der Waals surface area contributed by atoms with Gasteiger partial charge in [0.25, 0.3) is 0 Å². The minimum Gasteiger partial charge on any atom is -0.465 e. The number of methoxy groups -OCH3 is 1. The highest BCUT2D eigenvalue weighted by Crippen LogP contribution is 2.33. The van der Waals surface area contributed by atoms with Crippen LogP contribution < -0.4 is 4.74 Å². The molecule has 31 heavy (non-hydrogen) atoms.